The molecule has 8 nitrogen and oxygen atoms in total. The fraction of sp³-hybridized carbons (Fsp3) is 0.107. The minimum absolute atomic E-state index is 0.132. The van der Waals surface area contributed by atoms with E-state index in [4.69, 9.17) is 14.2 Å². The van der Waals surface area contributed by atoms with Crippen LogP contribution >= 0.6 is 15.9 Å². The lowest BCUT2D eigenvalue weighted by Crippen LogP contribution is -2.54. The molecule has 0 bridgehead atoms. The number of anilines is 1. The van der Waals surface area contributed by atoms with E-state index in [1.165, 1.54) is 18.2 Å². The molecule has 2 aliphatic rings. The summed E-state index contributed by atoms with van der Waals surface area (Å²) in [5, 5.41) is 2.16. The van der Waals surface area contributed by atoms with Crippen LogP contribution in [0.2, 0.25) is 0 Å². The number of amides is 4. The predicted molar refractivity (Wildman–Crippen MR) is 140 cm³/mol. The van der Waals surface area contributed by atoms with E-state index in [0.717, 1.165) is 28.2 Å². The Morgan fingerprint density at radius 1 is 1.05 bits per heavy atom. The Hall–Kier alpha value is -4.44. The SMILES string of the molecule is C=CCc1cc(/C=C2\C(=O)NC(=O)N(c3ccc(F)cc3)C2=O)cc(Br)c1OCc1ccc2c(c1)OCO2. The van der Waals surface area contributed by atoms with Crippen LogP contribution in [0.1, 0.15) is 16.7 Å². The molecule has 10 heteroatoms. The normalized spacial score (nSPS) is 15.6. The van der Waals surface area contributed by atoms with Gasteiger partial charge >= 0.3 is 6.03 Å². The van der Waals surface area contributed by atoms with Gasteiger partial charge in [0, 0.05) is 0 Å². The van der Waals surface area contributed by atoms with Gasteiger partial charge in [-0.15, -0.1) is 6.58 Å². The highest BCUT2D eigenvalue weighted by Crippen LogP contribution is 2.36. The fourth-order valence-corrected chi connectivity index (χ4v) is 4.69. The van der Waals surface area contributed by atoms with Crippen LogP contribution in [0, 0.1) is 5.82 Å². The summed E-state index contributed by atoms with van der Waals surface area (Å²) in [4.78, 5) is 38.9. The van der Waals surface area contributed by atoms with E-state index >= 15 is 0 Å². The molecule has 5 rings (SSSR count). The Morgan fingerprint density at radius 3 is 2.58 bits per heavy atom. The maximum Gasteiger partial charge on any atom is 0.335 e. The molecular weight excluding hydrogens is 559 g/mol. The van der Waals surface area contributed by atoms with Crippen LogP contribution in [0.5, 0.6) is 17.2 Å². The number of carbonyl (C=O) groups excluding carboxylic acids is 3. The van der Waals surface area contributed by atoms with E-state index in [2.05, 4.69) is 27.8 Å². The molecule has 0 spiro atoms. The standard InChI is InChI=1S/C28H20BrFN2O6/c1-2-3-18-10-17(12-22(29)25(18)36-14-16-4-9-23-24(13-16)38-15-37-23)11-21-26(33)31-28(35)32(27(21)34)20-7-5-19(30)6-8-20/h2,4-13H,1,3,14-15H2,(H,31,33,35)/b21-11+. The van der Waals surface area contributed by atoms with Crippen molar-refractivity contribution in [3.63, 3.8) is 0 Å². The Balaban J connectivity index is 1.43. The zero-order valence-electron chi connectivity index (χ0n) is 19.8. The summed E-state index contributed by atoms with van der Waals surface area (Å²) < 4.78 is 30.8. The van der Waals surface area contributed by atoms with Crippen molar-refractivity contribution in [3.8, 4) is 17.2 Å². The number of benzene rings is 3. The quantitative estimate of drug-likeness (QED) is 0.232. The van der Waals surface area contributed by atoms with Gasteiger partial charge in [-0.3, -0.25) is 14.9 Å². The summed E-state index contributed by atoms with van der Waals surface area (Å²) >= 11 is 3.53. The maximum absolute atomic E-state index is 13.3. The van der Waals surface area contributed by atoms with Gasteiger partial charge in [0.05, 0.1) is 10.2 Å². The molecule has 2 aliphatic heterocycles. The third-order valence-electron chi connectivity index (χ3n) is 5.82. The van der Waals surface area contributed by atoms with Gasteiger partial charge in [-0.25, -0.2) is 14.1 Å². The van der Waals surface area contributed by atoms with Crippen LogP contribution in [-0.4, -0.2) is 24.6 Å². The highest BCUT2D eigenvalue weighted by Gasteiger charge is 2.36. The van der Waals surface area contributed by atoms with Crippen molar-refractivity contribution >= 4 is 45.5 Å². The first-order valence-corrected chi connectivity index (χ1v) is 12.2. The Labute approximate surface area is 225 Å². The lowest BCUT2D eigenvalue weighted by Gasteiger charge is -2.26. The zero-order chi connectivity index (χ0) is 26.8. The van der Waals surface area contributed by atoms with Crippen molar-refractivity contribution in [2.24, 2.45) is 0 Å². The predicted octanol–water partition coefficient (Wildman–Crippen LogP) is 5.29. The van der Waals surface area contributed by atoms with Gasteiger partial charge in [0.2, 0.25) is 6.79 Å². The molecule has 3 aromatic rings. The minimum Gasteiger partial charge on any atom is -0.487 e. The number of nitrogens with zero attached hydrogens (tertiary/aromatic N) is 1. The van der Waals surface area contributed by atoms with Gasteiger partial charge < -0.3 is 14.2 Å². The van der Waals surface area contributed by atoms with Gasteiger partial charge in [-0.2, -0.15) is 0 Å². The van der Waals surface area contributed by atoms with E-state index in [9.17, 15) is 18.8 Å². The summed E-state index contributed by atoms with van der Waals surface area (Å²) in [5.74, 6) is -0.265. The minimum atomic E-state index is -0.912. The van der Waals surface area contributed by atoms with Crippen LogP contribution in [0.25, 0.3) is 6.08 Å². The molecule has 0 radical (unpaired) electrons. The van der Waals surface area contributed by atoms with Crippen molar-refractivity contribution in [1.29, 1.82) is 0 Å². The average molecular weight is 579 g/mol. The van der Waals surface area contributed by atoms with Gasteiger partial charge in [0.15, 0.2) is 11.5 Å². The number of barbiturate groups is 1. The van der Waals surface area contributed by atoms with Crippen molar-refractivity contribution in [2.75, 3.05) is 11.7 Å². The number of carbonyl (C=O) groups is 3. The van der Waals surface area contributed by atoms with E-state index in [1.807, 2.05) is 18.2 Å². The van der Waals surface area contributed by atoms with E-state index in [1.54, 1.807) is 18.2 Å². The molecule has 1 N–H and O–H groups in total. The lowest BCUT2D eigenvalue weighted by atomic mass is 10.0. The molecule has 38 heavy (non-hydrogen) atoms. The lowest BCUT2D eigenvalue weighted by molar-refractivity contribution is -0.122. The number of halogens is 2. The van der Waals surface area contributed by atoms with Gasteiger partial charge in [0.25, 0.3) is 11.8 Å². The first kappa shape index (κ1) is 25.2. The smallest absolute Gasteiger partial charge is 0.335 e. The number of urea groups is 1. The molecule has 192 valence electrons. The van der Waals surface area contributed by atoms with Crippen molar-refractivity contribution < 1.29 is 33.0 Å². The van der Waals surface area contributed by atoms with Crippen LogP contribution in [0.3, 0.4) is 0 Å². The monoisotopic (exact) mass is 578 g/mol. The second-order valence-electron chi connectivity index (χ2n) is 8.39. The van der Waals surface area contributed by atoms with Crippen LogP contribution in [-0.2, 0) is 22.6 Å². The summed E-state index contributed by atoms with van der Waals surface area (Å²) in [7, 11) is 0. The Kier molecular flexibility index (Phi) is 6.97. The second-order valence-corrected chi connectivity index (χ2v) is 9.25. The van der Waals surface area contributed by atoms with Crippen molar-refractivity contribution in [2.45, 2.75) is 13.0 Å². The van der Waals surface area contributed by atoms with Gasteiger partial charge in [-0.1, -0.05) is 12.1 Å². The van der Waals surface area contributed by atoms with E-state index < -0.39 is 23.7 Å². The largest absolute Gasteiger partial charge is 0.487 e. The molecule has 0 aromatic heterocycles. The average Bonchev–Trinajstić information content (AvgIpc) is 3.35. The fourth-order valence-electron chi connectivity index (χ4n) is 4.06. The molecule has 1 fully saturated rings. The summed E-state index contributed by atoms with van der Waals surface area (Å²) in [6.07, 6.45) is 3.55. The molecule has 3 aromatic carbocycles. The number of hydrogen-bond donors (Lipinski definition) is 1. The molecule has 0 atom stereocenters. The molecule has 0 aliphatic carbocycles. The number of ether oxygens (including phenoxy) is 3. The molecule has 4 amide bonds. The number of nitrogens with one attached hydrogen (secondary N) is 1. The second kappa shape index (κ2) is 10.5. The number of fused-ring (bicyclic) bond motifs is 1. The molecule has 2 heterocycles. The molecule has 0 saturated carbocycles. The number of imide groups is 2. The molecule has 1 saturated heterocycles. The first-order valence-electron chi connectivity index (χ1n) is 11.5. The summed E-state index contributed by atoms with van der Waals surface area (Å²) in [6.45, 7) is 4.25. The first-order chi connectivity index (χ1) is 18.3. The zero-order valence-corrected chi connectivity index (χ0v) is 21.4. The number of hydrogen-bond acceptors (Lipinski definition) is 6. The van der Waals surface area contributed by atoms with E-state index in [0.29, 0.717) is 33.7 Å². The van der Waals surface area contributed by atoms with Crippen molar-refractivity contribution in [3.05, 3.63) is 99.8 Å². The third-order valence-corrected chi connectivity index (χ3v) is 6.41. The third kappa shape index (κ3) is 5.03. The van der Waals surface area contributed by atoms with Gasteiger partial charge in [-0.05, 0) is 93.6 Å². The van der Waals surface area contributed by atoms with Crippen LogP contribution in [0.15, 0.2) is 77.3 Å². The number of rotatable bonds is 7. The highest BCUT2D eigenvalue weighted by atomic mass is 79.9. The maximum atomic E-state index is 13.3. The van der Waals surface area contributed by atoms with Crippen LogP contribution in [0.4, 0.5) is 14.9 Å². The Bertz CT molecular complexity index is 1500. The van der Waals surface area contributed by atoms with E-state index in [-0.39, 0.29) is 24.7 Å². The van der Waals surface area contributed by atoms with Crippen molar-refractivity contribution in [1.82, 2.24) is 5.32 Å². The van der Waals surface area contributed by atoms with Gasteiger partial charge in [0.1, 0.15) is 23.7 Å². The Morgan fingerprint density at radius 2 is 1.82 bits per heavy atom. The molecule has 0 unspecified atom stereocenters. The highest BCUT2D eigenvalue weighted by molar-refractivity contribution is 9.10. The topological polar surface area (TPSA) is 94.2 Å². The van der Waals surface area contributed by atoms with Crippen LogP contribution < -0.4 is 24.4 Å². The molecular formula is C28H20BrFN2O6. The summed E-state index contributed by atoms with van der Waals surface area (Å²) in [6, 6.07) is 12.9. The number of allylic oxidation sites excluding steroid dienone is 1. The summed E-state index contributed by atoms with van der Waals surface area (Å²) in [5.41, 5.74) is 2.05.